The Bertz CT molecular complexity index is 1130. The van der Waals surface area contributed by atoms with Gasteiger partial charge in [-0.05, 0) is 49.2 Å². The highest BCUT2D eigenvalue weighted by atomic mass is 16.6. The fourth-order valence-corrected chi connectivity index (χ4v) is 3.18. The topological polar surface area (TPSA) is 202 Å². The molecule has 12 heteroatoms. The van der Waals surface area contributed by atoms with Gasteiger partial charge < -0.3 is 29.9 Å². The van der Waals surface area contributed by atoms with Gasteiger partial charge in [0.25, 0.3) is 0 Å². The maximum atomic E-state index is 12.6. The molecule has 0 amide bonds. The minimum absolute atomic E-state index is 0.228. The molecule has 0 spiro atoms. The Morgan fingerprint density at radius 1 is 0.559 bits per heavy atom. The highest BCUT2D eigenvalue weighted by molar-refractivity contribution is 6.05. The molecule has 2 unspecified atom stereocenters. The first kappa shape index (κ1) is 23.9. The van der Waals surface area contributed by atoms with Crippen LogP contribution in [0.15, 0.2) is 36.4 Å². The quantitative estimate of drug-likeness (QED) is 0.408. The Morgan fingerprint density at radius 2 is 0.912 bits per heavy atom. The molecular weight excluding hydrogens is 456 g/mol. The molecule has 0 radical (unpaired) electrons. The molecule has 4 N–H and O–H groups in total. The van der Waals surface area contributed by atoms with Crippen molar-refractivity contribution in [2.24, 2.45) is 0 Å². The van der Waals surface area contributed by atoms with Crippen molar-refractivity contribution >= 4 is 35.8 Å². The molecule has 1 aliphatic carbocycles. The molecule has 2 aromatic carbocycles. The Kier molecular flexibility index (Phi) is 6.61. The summed E-state index contributed by atoms with van der Waals surface area (Å²) in [5.41, 5.74) is -2.67. The number of hydrogen-bond donors (Lipinski definition) is 4. The van der Waals surface area contributed by atoms with Crippen LogP contribution >= 0.6 is 0 Å². The van der Waals surface area contributed by atoms with E-state index >= 15 is 0 Å². The predicted molar refractivity (Wildman–Crippen MR) is 108 cm³/mol. The van der Waals surface area contributed by atoms with Gasteiger partial charge in [-0.25, -0.2) is 28.8 Å². The number of rotatable bonds is 8. The van der Waals surface area contributed by atoms with Gasteiger partial charge in [0.05, 0.1) is 33.4 Å². The number of carboxylic acid groups (broad SMARTS) is 4. The highest BCUT2D eigenvalue weighted by Crippen LogP contribution is 2.29. The zero-order valence-corrected chi connectivity index (χ0v) is 17.1. The van der Waals surface area contributed by atoms with Crippen LogP contribution in [0.1, 0.15) is 75.0 Å². The Labute approximate surface area is 190 Å². The minimum atomic E-state index is -1.49. The summed E-state index contributed by atoms with van der Waals surface area (Å²) >= 11 is 0. The van der Waals surface area contributed by atoms with Crippen molar-refractivity contribution < 1.29 is 58.7 Å². The maximum Gasteiger partial charge on any atom is 0.339 e. The van der Waals surface area contributed by atoms with Gasteiger partial charge in [-0.1, -0.05) is 0 Å². The SMILES string of the molecule is O=C(O)c1ccc(C(=O)O)c(C(=O)OC2CCC2OC(=O)c2cc(C(=O)O)ccc2C(=O)O)c1. The lowest BCUT2D eigenvalue weighted by molar-refractivity contribution is -0.0808. The van der Waals surface area contributed by atoms with E-state index in [2.05, 4.69) is 0 Å². The first-order valence-corrected chi connectivity index (χ1v) is 9.62. The zero-order valence-electron chi connectivity index (χ0n) is 17.1. The second-order valence-corrected chi connectivity index (χ2v) is 7.21. The molecule has 2 aromatic rings. The largest absolute Gasteiger partial charge is 0.478 e. The van der Waals surface area contributed by atoms with Crippen LogP contribution in [-0.2, 0) is 9.47 Å². The second-order valence-electron chi connectivity index (χ2n) is 7.21. The number of esters is 2. The monoisotopic (exact) mass is 472 g/mol. The minimum Gasteiger partial charge on any atom is -0.478 e. The van der Waals surface area contributed by atoms with Gasteiger partial charge in [-0.2, -0.15) is 0 Å². The number of aromatic carboxylic acids is 4. The summed E-state index contributed by atoms with van der Waals surface area (Å²) in [6, 6.07) is 5.63. The molecule has 0 heterocycles. The van der Waals surface area contributed by atoms with Crippen molar-refractivity contribution in [3.8, 4) is 0 Å². The molecule has 1 fully saturated rings. The first-order chi connectivity index (χ1) is 16.0. The Balaban J connectivity index is 1.78. The number of carboxylic acids is 4. The number of benzene rings is 2. The fraction of sp³-hybridized carbons (Fsp3) is 0.182. The summed E-state index contributed by atoms with van der Waals surface area (Å²) in [5.74, 6) is -8.05. The van der Waals surface area contributed by atoms with E-state index in [1.165, 1.54) is 0 Å². The van der Waals surface area contributed by atoms with E-state index in [0.29, 0.717) is 0 Å². The third-order valence-corrected chi connectivity index (χ3v) is 5.10. The molecule has 0 saturated heterocycles. The molecule has 12 nitrogen and oxygen atoms in total. The van der Waals surface area contributed by atoms with Gasteiger partial charge in [-0.15, -0.1) is 0 Å². The van der Waals surface area contributed by atoms with Gasteiger partial charge in [0.15, 0.2) is 0 Å². The normalized spacial score (nSPS) is 16.6. The Hall–Kier alpha value is -4.74. The van der Waals surface area contributed by atoms with E-state index < -0.39 is 70.3 Å². The molecule has 1 aliphatic rings. The van der Waals surface area contributed by atoms with Crippen LogP contribution in [0.5, 0.6) is 0 Å². The predicted octanol–water partition coefficient (Wildman–Crippen LogP) is 2.02. The lowest BCUT2D eigenvalue weighted by Gasteiger charge is -2.35. The molecule has 3 rings (SSSR count). The molecule has 176 valence electrons. The molecule has 0 bridgehead atoms. The lowest BCUT2D eigenvalue weighted by Crippen LogP contribution is -2.44. The zero-order chi connectivity index (χ0) is 25.2. The maximum absolute atomic E-state index is 12.6. The van der Waals surface area contributed by atoms with E-state index in [1.807, 2.05) is 0 Å². The van der Waals surface area contributed by atoms with Crippen molar-refractivity contribution in [1.29, 1.82) is 0 Å². The lowest BCUT2D eigenvalue weighted by atomic mass is 9.91. The van der Waals surface area contributed by atoms with Gasteiger partial charge in [0.1, 0.15) is 12.2 Å². The summed E-state index contributed by atoms with van der Waals surface area (Å²) in [7, 11) is 0. The summed E-state index contributed by atoms with van der Waals surface area (Å²) in [4.78, 5) is 70.2. The van der Waals surface area contributed by atoms with Crippen LogP contribution in [0.3, 0.4) is 0 Å². The van der Waals surface area contributed by atoms with E-state index in [9.17, 15) is 39.0 Å². The average Bonchev–Trinajstić information content (AvgIpc) is 2.78. The van der Waals surface area contributed by atoms with Crippen LogP contribution in [0.2, 0.25) is 0 Å². The third kappa shape index (κ3) is 4.85. The van der Waals surface area contributed by atoms with Gasteiger partial charge >= 0.3 is 35.8 Å². The third-order valence-electron chi connectivity index (χ3n) is 5.10. The first-order valence-electron chi connectivity index (χ1n) is 9.62. The molecule has 0 aromatic heterocycles. The van der Waals surface area contributed by atoms with Crippen LogP contribution in [-0.4, -0.2) is 68.4 Å². The number of hydrogen-bond acceptors (Lipinski definition) is 8. The van der Waals surface area contributed by atoms with Crippen molar-refractivity contribution in [3.63, 3.8) is 0 Å². The molecule has 2 atom stereocenters. The van der Waals surface area contributed by atoms with Crippen LogP contribution in [0, 0.1) is 0 Å². The standard InChI is InChI=1S/C22H16O12/c23-17(24)9-1-3-11(19(27)28)13(7-9)21(31)33-15-5-6-16(15)34-22(32)14-8-10(18(25)26)2-4-12(14)20(29)30/h1-4,7-8,15-16H,5-6H2,(H,23,24)(H,25,26)(H,27,28)(H,29,30). The number of carbonyl (C=O) groups excluding carboxylic acids is 2. The summed E-state index contributed by atoms with van der Waals surface area (Å²) < 4.78 is 10.4. The molecular formula is C22H16O12. The second kappa shape index (κ2) is 9.40. The smallest absolute Gasteiger partial charge is 0.339 e. The molecule has 0 aliphatic heterocycles. The van der Waals surface area contributed by atoms with Crippen LogP contribution in [0.4, 0.5) is 0 Å². The van der Waals surface area contributed by atoms with E-state index in [-0.39, 0.29) is 24.0 Å². The van der Waals surface area contributed by atoms with Gasteiger partial charge in [-0.3, -0.25) is 0 Å². The van der Waals surface area contributed by atoms with E-state index in [4.69, 9.17) is 19.7 Å². The summed E-state index contributed by atoms with van der Waals surface area (Å²) in [5, 5.41) is 36.7. The molecule has 34 heavy (non-hydrogen) atoms. The van der Waals surface area contributed by atoms with Gasteiger partial charge in [0, 0.05) is 0 Å². The van der Waals surface area contributed by atoms with E-state index in [1.54, 1.807) is 0 Å². The Morgan fingerprint density at radius 3 is 1.18 bits per heavy atom. The van der Waals surface area contributed by atoms with Crippen LogP contribution < -0.4 is 0 Å². The van der Waals surface area contributed by atoms with Crippen molar-refractivity contribution in [1.82, 2.24) is 0 Å². The fourth-order valence-electron chi connectivity index (χ4n) is 3.18. The highest BCUT2D eigenvalue weighted by Gasteiger charge is 2.39. The molecule has 1 saturated carbocycles. The number of ether oxygens (including phenoxy) is 2. The average molecular weight is 472 g/mol. The number of carbonyl (C=O) groups is 6. The van der Waals surface area contributed by atoms with Crippen molar-refractivity contribution in [2.45, 2.75) is 25.0 Å². The van der Waals surface area contributed by atoms with Crippen molar-refractivity contribution in [2.75, 3.05) is 0 Å². The summed E-state index contributed by atoms with van der Waals surface area (Å²) in [6.07, 6.45) is -1.57. The van der Waals surface area contributed by atoms with Crippen LogP contribution in [0.25, 0.3) is 0 Å². The van der Waals surface area contributed by atoms with E-state index in [0.717, 1.165) is 36.4 Å². The van der Waals surface area contributed by atoms with Crippen molar-refractivity contribution in [3.05, 3.63) is 69.8 Å². The summed E-state index contributed by atoms with van der Waals surface area (Å²) in [6.45, 7) is 0. The van der Waals surface area contributed by atoms with Gasteiger partial charge in [0.2, 0.25) is 0 Å².